The van der Waals surface area contributed by atoms with Gasteiger partial charge >= 0.3 is 0 Å². The lowest BCUT2D eigenvalue weighted by Crippen LogP contribution is -2.57. The van der Waals surface area contributed by atoms with Crippen molar-refractivity contribution >= 4 is 5.91 Å². The van der Waals surface area contributed by atoms with E-state index in [9.17, 15) is 4.79 Å². The van der Waals surface area contributed by atoms with E-state index in [2.05, 4.69) is 0 Å². The molecule has 58 valence electrons. The summed E-state index contributed by atoms with van der Waals surface area (Å²) in [4.78, 5) is 10.7. The topological polar surface area (TPSA) is 113 Å². The molecule has 10 heavy (non-hydrogen) atoms. The molecule has 0 spiro atoms. The van der Waals surface area contributed by atoms with Gasteiger partial charge in [0, 0.05) is 0 Å². The Kier molecular flexibility index (Phi) is 1.41. The summed E-state index contributed by atoms with van der Waals surface area (Å²) in [7, 11) is 0. The second-order valence-corrected chi connectivity index (χ2v) is 2.32. The Labute approximate surface area is 57.0 Å². The van der Waals surface area contributed by atoms with E-state index in [1.165, 1.54) is 0 Å². The first kappa shape index (κ1) is 7.42. The molecular formula is C4H9N3O3. The molecule has 1 aliphatic rings. The Hall–Kier alpha value is -0.690. The monoisotopic (exact) mass is 147 g/mol. The molecule has 0 aromatic carbocycles. The minimum Gasteiger partial charge on any atom is -0.366 e. The van der Waals surface area contributed by atoms with Gasteiger partial charge in [0.1, 0.15) is 0 Å². The van der Waals surface area contributed by atoms with Crippen molar-refractivity contribution < 1.29 is 15.1 Å². The minimum absolute atomic E-state index is 0.133. The van der Waals surface area contributed by atoms with Gasteiger partial charge in [0.2, 0.25) is 5.72 Å². The molecule has 6 N–H and O–H groups in total. The highest BCUT2D eigenvalue weighted by atomic mass is 16.5. The van der Waals surface area contributed by atoms with Crippen LogP contribution in [0, 0.1) is 0 Å². The van der Waals surface area contributed by atoms with Crippen LogP contribution in [0.5, 0.6) is 0 Å². The van der Waals surface area contributed by atoms with Crippen molar-refractivity contribution in [2.45, 2.75) is 11.8 Å². The quantitative estimate of drug-likeness (QED) is 0.218. The Morgan fingerprint density at radius 2 is 2.30 bits per heavy atom. The van der Waals surface area contributed by atoms with Gasteiger partial charge in [0.05, 0.1) is 12.6 Å². The molecule has 2 unspecified atom stereocenters. The van der Waals surface area contributed by atoms with Crippen LogP contribution in [-0.4, -0.2) is 39.6 Å². The van der Waals surface area contributed by atoms with Crippen LogP contribution in [0.1, 0.15) is 0 Å². The molecule has 1 fully saturated rings. The smallest absolute Gasteiger partial charge is 0.294 e. The number of carbonyl (C=O) groups excluding carboxylic acids is 1. The number of hydrogen-bond donors (Lipinski definition) is 4. The molecule has 0 aromatic heterocycles. The summed E-state index contributed by atoms with van der Waals surface area (Å²) in [5.41, 5.74) is 8.13. The molecule has 1 amide bonds. The Balaban J connectivity index is 2.85. The average molecular weight is 147 g/mol. The van der Waals surface area contributed by atoms with E-state index in [4.69, 9.17) is 21.8 Å². The second-order valence-electron chi connectivity index (χ2n) is 2.32. The zero-order chi connectivity index (χ0) is 7.94. The highest BCUT2D eigenvalue weighted by Gasteiger charge is 2.48. The van der Waals surface area contributed by atoms with Crippen molar-refractivity contribution in [1.82, 2.24) is 5.06 Å². The van der Waals surface area contributed by atoms with Crippen molar-refractivity contribution in [2.24, 2.45) is 11.5 Å². The third-order valence-corrected chi connectivity index (χ3v) is 1.51. The van der Waals surface area contributed by atoms with Crippen LogP contribution in [0.2, 0.25) is 0 Å². The Morgan fingerprint density at radius 3 is 2.40 bits per heavy atom. The summed E-state index contributed by atoms with van der Waals surface area (Å²) in [6, 6.07) is -0.926. The number of nitrogens with two attached hydrogens (primary N) is 2. The molecule has 6 heteroatoms. The normalized spacial score (nSPS) is 41.0. The van der Waals surface area contributed by atoms with E-state index in [-0.39, 0.29) is 6.54 Å². The second kappa shape index (κ2) is 1.89. The molecule has 0 aromatic rings. The summed E-state index contributed by atoms with van der Waals surface area (Å²) in [6.45, 7) is -0.133. The standard InChI is InChI=1S/C4H9N3O3/c5-2-1-7(10)3(8)4(2,6)9/h2,9-10H,1,5-6H2. The number of hydroxylamine groups is 2. The van der Waals surface area contributed by atoms with Gasteiger partial charge < -0.3 is 10.8 Å². The van der Waals surface area contributed by atoms with Gasteiger partial charge in [0.25, 0.3) is 5.91 Å². The minimum atomic E-state index is -2.10. The predicted octanol–water partition coefficient (Wildman–Crippen LogP) is -2.81. The average Bonchev–Trinajstić information content (AvgIpc) is 1.97. The summed E-state index contributed by atoms with van der Waals surface area (Å²) >= 11 is 0. The summed E-state index contributed by atoms with van der Waals surface area (Å²) in [5.74, 6) is -0.958. The van der Waals surface area contributed by atoms with E-state index in [0.29, 0.717) is 5.06 Å². The van der Waals surface area contributed by atoms with Crippen LogP contribution < -0.4 is 11.5 Å². The van der Waals surface area contributed by atoms with Gasteiger partial charge in [-0.2, -0.15) is 0 Å². The first-order valence-electron chi connectivity index (χ1n) is 2.74. The maximum absolute atomic E-state index is 10.7. The lowest BCUT2D eigenvalue weighted by molar-refractivity contribution is -0.169. The fraction of sp³-hybridized carbons (Fsp3) is 0.750. The molecular weight excluding hydrogens is 138 g/mol. The van der Waals surface area contributed by atoms with Crippen molar-refractivity contribution in [3.63, 3.8) is 0 Å². The van der Waals surface area contributed by atoms with Crippen LogP contribution in [0.25, 0.3) is 0 Å². The van der Waals surface area contributed by atoms with E-state index in [1.54, 1.807) is 0 Å². The number of amides is 1. The van der Waals surface area contributed by atoms with E-state index >= 15 is 0 Å². The van der Waals surface area contributed by atoms with Crippen LogP contribution in [0.4, 0.5) is 0 Å². The number of rotatable bonds is 0. The predicted molar refractivity (Wildman–Crippen MR) is 30.6 cm³/mol. The van der Waals surface area contributed by atoms with Crippen LogP contribution in [0.3, 0.4) is 0 Å². The highest BCUT2D eigenvalue weighted by molar-refractivity contribution is 5.86. The SMILES string of the molecule is NC1CN(O)C(=O)C1(N)O. The van der Waals surface area contributed by atoms with Gasteiger partial charge in [-0.1, -0.05) is 0 Å². The lowest BCUT2D eigenvalue weighted by atomic mass is 10.1. The van der Waals surface area contributed by atoms with Crippen molar-refractivity contribution in [1.29, 1.82) is 0 Å². The molecule has 1 saturated heterocycles. The van der Waals surface area contributed by atoms with Crippen molar-refractivity contribution in [3.8, 4) is 0 Å². The number of hydrogen-bond acceptors (Lipinski definition) is 5. The molecule has 2 atom stereocenters. The molecule has 0 aliphatic carbocycles. The van der Waals surface area contributed by atoms with Crippen LogP contribution in [-0.2, 0) is 4.79 Å². The van der Waals surface area contributed by atoms with Gasteiger partial charge in [-0.15, -0.1) is 0 Å². The zero-order valence-electron chi connectivity index (χ0n) is 5.19. The Morgan fingerprint density at radius 1 is 1.80 bits per heavy atom. The van der Waals surface area contributed by atoms with Crippen LogP contribution in [0.15, 0.2) is 0 Å². The van der Waals surface area contributed by atoms with Crippen LogP contribution >= 0.6 is 0 Å². The number of carbonyl (C=O) groups is 1. The largest absolute Gasteiger partial charge is 0.366 e. The molecule has 1 heterocycles. The van der Waals surface area contributed by atoms with Gasteiger partial charge in [-0.3, -0.25) is 15.7 Å². The van der Waals surface area contributed by atoms with E-state index in [1.807, 2.05) is 0 Å². The Bertz CT molecular complexity index is 169. The summed E-state index contributed by atoms with van der Waals surface area (Å²) < 4.78 is 0. The summed E-state index contributed by atoms with van der Waals surface area (Å²) in [5, 5.41) is 18.0. The number of nitrogens with zero attached hydrogens (tertiary/aromatic N) is 1. The fourth-order valence-electron chi connectivity index (χ4n) is 0.774. The maximum atomic E-state index is 10.7. The summed E-state index contributed by atoms with van der Waals surface area (Å²) in [6.07, 6.45) is 0. The third kappa shape index (κ3) is 0.781. The zero-order valence-corrected chi connectivity index (χ0v) is 5.19. The molecule has 6 nitrogen and oxygen atoms in total. The van der Waals surface area contributed by atoms with E-state index in [0.717, 1.165) is 0 Å². The van der Waals surface area contributed by atoms with Gasteiger partial charge in [0.15, 0.2) is 0 Å². The van der Waals surface area contributed by atoms with Gasteiger partial charge in [-0.25, -0.2) is 5.06 Å². The third-order valence-electron chi connectivity index (χ3n) is 1.51. The molecule has 1 rings (SSSR count). The van der Waals surface area contributed by atoms with Crippen molar-refractivity contribution in [3.05, 3.63) is 0 Å². The molecule has 0 saturated carbocycles. The van der Waals surface area contributed by atoms with Crippen molar-refractivity contribution in [2.75, 3.05) is 6.54 Å². The molecule has 0 bridgehead atoms. The van der Waals surface area contributed by atoms with Gasteiger partial charge in [-0.05, 0) is 0 Å². The fourth-order valence-corrected chi connectivity index (χ4v) is 0.774. The number of aliphatic hydroxyl groups is 1. The lowest BCUT2D eigenvalue weighted by Gasteiger charge is -2.16. The first-order valence-corrected chi connectivity index (χ1v) is 2.74. The highest BCUT2D eigenvalue weighted by Crippen LogP contribution is 2.13. The molecule has 1 aliphatic heterocycles. The first-order chi connectivity index (χ1) is 4.46. The van der Waals surface area contributed by atoms with E-state index < -0.39 is 17.7 Å². The molecule has 0 radical (unpaired) electrons. The maximum Gasteiger partial charge on any atom is 0.294 e.